The molecule has 4 aromatic carbocycles. The first-order chi connectivity index (χ1) is 16.5. The second-order valence-corrected chi connectivity index (χ2v) is 8.88. The SMILES string of the molecule is CCOc1cc(/C=N\NS(=O)(=O)c2ccccc2)ccc1OC(=O)c1cccc2ccccc12. The van der Waals surface area contributed by atoms with E-state index in [0.717, 1.165) is 10.8 Å². The molecule has 0 aliphatic carbocycles. The molecule has 0 heterocycles. The van der Waals surface area contributed by atoms with Crippen molar-refractivity contribution >= 4 is 33.0 Å². The Morgan fingerprint density at radius 3 is 2.44 bits per heavy atom. The number of nitrogens with one attached hydrogen (secondary N) is 1. The van der Waals surface area contributed by atoms with E-state index in [-0.39, 0.29) is 10.6 Å². The Bertz CT molecular complexity index is 1450. The van der Waals surface area contributed by atoms with Crippen LogP contribution in [0.3, 0.4) is 0 Å². The van der Waals surface area contributed by atoms with Gasteiger partial charge in [-0.15, -0.1) is 0 Å². The van der Waals surface area contributed by atoms with E-state index in [2.05, 4.69) is 9.93 Å². The molecule has 34 heavy (non-hydrogen) atoms. The molecule has 172 valence electrons. The highest BCUT2D eigenvalue weighted by atomic mass is 32.2. The fraction of sp³-hybridized carbons (Fsp3) is 0.0769. The molecule has 4 aromatic rings. The van der Waals surface area contributed by atoms with E-state index in [4.69, 9.17) is 9.47 Å². The van der Waals surface area contributed by atoms with Gasteiger partial charge in [0.15, 0.2) is 11.5 Å². The summed E-state index contributed by atoms with van der Waals surface area (Å²) in [6.45, 7) is 2.16. The Hall–Kier alpha value is -4.17. The van der Waals surface area contributed by atoms with Crippen LogP contribution in [-0.2, 0) is 10.0 Å². The molecule has 8 heteroatoms. The standard InChI is InChI=1S/C26H22N2O5S/c1-2-32-25-17-19(18-27-28-34(30,31)21-11-4-3-5-12-21)15-16-24(25)33-26(29)23-14-8-10-20-9-6-7-13-22(20)23/h3-18,28H,2H2,1H3/b27-18-. The van der Waals surface area contributed by atoms with Gasteiger partial charge in [0.25, 0.3) is 10.0 Å². The number of esters is 1. The molecule has 0 unspecified atom stereocenters. The number of nitrogens with zero attached hydrogens (tertiary/aromatic N) is 1. The molecule has 0 atom stereocenters. The van der Waals surface area contributed by atoms with Crippen molar-refractivity contribution in [2.45, 2.75) is 11.8 Å². The summed E-state index contributed by atoms with van der Waals surface area (Å²) in [5.74, 6) is 0.0857. The lowest BCUT2D eigenvalue weighted by molar-refractivity contribution is 0.0730. The first-order valence-electron chi connectivity index (χ1n) is 10.5. The summed E-state index contributed by atoms with van der Waals surface area (Å²) in [7, 11) is -3.77. The molecule has 0 bridgehead atoms. The topological polar surface area (TPSA) is 94.1 Å². The number of sulfonamides is 1. The van der Waals surface area contributed by atoms with Crippen LogP contribution in [0.4, 0.5) is 0 Å². The monoisotopic (exact) mass is 474 g/mol. The molecule has 0 aromatic heterocycles. The molecule has 0 saturated carbocycles. The van der Waals surface area contributed by atoms with Gasteiger partial charge in [0.1, 0.15) is 0 Å². The summed E-state index contributed by atoms with van der Waals surface area (Å²) in [6.07, 6.45) is 1.35. The molecular formula is C26H22N2O5S. The maximum absolute atomic E-state index is 12.9. The van der Waals surface area contributed by atoms with Gasteiger partial charge in [0.05, 0.1) is 23.3 Å². The molecule has 4 rings (SSSR count). The minimum atomic E-state index is -3.77. The van der Waals surface area contributed by atoms with E-state index in [9.17, 15) is 13.2 Å². The number of fused-ring (bicyclic) bond motifs is 1. The lowest BCUT2D eigenvalue weighted by Gasteiger charge is -2.12. The normalized spacial score (nSPS) is 11.4. The van der Waals surface area contributed by atoms with Gasteiger partial charge in [-0.3, -0.25) is 0 Å². The first-order valence-corrected chi connectivity index (χ1v) is 12.0. The minimum absolute atomic E-state index is 0.109. The number of hydrogen-bond acceptors (Lipinski definition) is 6. The highest BCUT2D eigenvalue weighted by molar-refractivity contribution is 7.89. The number of carbonyl (C=O) groups excluding carboxylic acids is 1. The molecule has 0 spiro atoms. The third-order valence-electron chi connectivity index (χ3n) is 4.92. The summed E-state index contributed by atoms with van der Waals surface area (Å²) in [5.41, 5.74) is 1.01. The zero-order chi connectivity index (χ0) is 24.0. The van der Waals surface area contributed by atoms with Crippen molar-refractivity contribution in [3.63, 3.8) is 0 Å². The average molecular weight is 475 g/mol. The predicted molar refractivity (Wildman–Crippen MR) is 131 cm³/mol. The molecule has 0 radical (unpaired) electrons. The summed E-state index contributed by atoms with van der Waals surface area (Å²) in [5, 5.41) is 5.57. The average Bonchev–Trinajstić information content (AvgIpc) is 2.85. The Morgan fingerprint density at radius 1 is 0.912 bits per heavy atom. The Kier molecular flexibility index (Phi) is 6.89. The summed E-state index contributed by atoms with van der Waals surface area (Å²) in [6, 6.07) is 25.8. The number of ether oxygens (including phenoxy) is 2. The summed E-state index contributed by atoms with van der Waals surface area (Å²) >= 11 is 0. The van der Waals surface area contributed by atoms with Crippen LogP contribution >= 0.6 is 0 Å². The lowest BCUT2D eigenvalue weighted by Crippen LogP contribution is -2.18. The van der Waals surface area contributed by atoms with E-state index in [1.54, 1.807) is 48.5 Å². The quantitative estimate of drug-likeness (QED) is 0.172. The van der Waals surface area contributed by atoms with Crippen molar-refractivity contribution < 1.29 is 22.7 Å². The molecule has 1 N–H and O–H groups in total. The van der Waals surface area contributed by atoms with Crippen LogP contribution in [0.15, 0.2) is 101 Å². The van der Waals surface area contributed by atoms with Crippen LogP contribution < -0.4 is 14.3 Å². The first kappa shape index (κ1) is 23.0. The van der Waals surface area contributed by atoms with E-state index >= 15 is 0 Å². The van der Waals surface area contributed by atoms with Gasteiger partial charge in [-0.05, 0) is 59.7 Å². The number of benzene rings is 4. The van der Waals surface area contributed by atoms with Crippen LogP contribution in [-0.4, -0.2) is 27.2 Å². The van der Waals surface area contributed by atoms with Crippen molar-refractivity contribution in [2.24, 2.45) is 5.10 Å². The van der Waals surface area contributed by atoms with E-state index < -0.39 is 16.0 Å². The maximum Gasteiger partial charge on any atom is 0.344 e. The second-order valence-electron chi connectivity index (χ2n) is 7.22. The van der Waals surface area contributed by atoms with E-state index in [1.165, 1.54) is 18.3 Å². The van der Waals surface area contributed by atoms with Crippen molar-refractivity contribution in [1.29, 1.82) is 0 Å². The zero-order valence-electron chi connectivity index (χ0n) is 18.3. The zero-order valence-corrected chi connectivity index (χ0v) is 19.2. The van der Waals surface area contributed by atoms with Crippen molar-refractivity contribution in [3.8, 4) is 11.5 Å². The third kappa shape index (κ3) is 5.24. The van der Waals surface area contributed by atoms with Gasteiger partial charge in [-0.1, -0.05) is 54.6 Å². The third-order valence-corrected chi connectivity index (χ3v) is 6.16. The van der Waals surface area contributed by atoms with Gasteiger partial charge in [-0.2, -0.15) is 13.5 Å². The minimum Gasteiger partial charge on any atom is -0.490 e. The lowest BCUT2D eigenvalue weighted by atomic mass is 10.0. The highest BCUT2D eigenvalue weighted by Crippen LogP contribution is 2.30. The molecule has 0 amide bonds. The molecule has 7 nitrogen and oxygen atoms in total. The van der Waals surface area contributed by atoms with Gasteiger partial charge in [0.2, 0.25) is 0 Å². The van der Waals surface area contributed by atoms with Crippen molar-refractivity contribution in [1.82, 2.24) is 4.83 Å². The Morgan fingerprint density at radius 2 is 1.65 bits per heavy atom. The number of carbonyl (C=O) groups is 1. The predicted octanol–water partition coefficient (Wildman–Crippen LogP) is 4.77. The van der Waals surface area contributed by atoms with Crippen LogP contribution in [0, 0.1) is 0 Å². The molecule has 0 aliphatic rings. The molecule has 0 saturated heterocycles. The number of rotatable bonds is 8. The second kappa shape index (κ2) is 10.2. The van der Waals surface area contributed by atoms with Gasteiger partial charge in [-0.25, -0.2) is 9.63 Å². The van der Waals surface area contributed by atoms with Crippen LogP contribution in [0.25, 0.3) is 10.8 Å². The molecule has 0 fully saturated rings. The van der Waals surface area contributed by atoms with E-state index in [0.29, 0.717) is 23.5 Å². The Labute approximate surface area is 197 Å². The number of hydrogen-bond donors (Lipinski definition) is 1. The van der Waals surface area contributed by atoms with E-state index in [1.807, 2.05) is 37.3 Å². The molecular weight excluding hydrogens is 452 g/mol. The smallest absolute Gasteiger partial charge is 0.344 e. The Balaban J connectivity index is 1.53. The van der Waals surface area contributed by atoms with Crippen molar-refractivity contribution in [2.75, 3.05) is 6.61 Å². The van der Waals surface area contributed by atoms with Gasteiger partial charge in [0, 0.05) is 0 Å². The van der Waals surface area contributed by atoms with Crippen LogP contribution in [0.2, 0.25) is 0 Å². The highest BCUT2D eigenvalue weighted by Gasteiger charge is 2.16. The fourth-order valence-electron chi connectivity index (χ4n) is 3.34. The number of hydrazone groups is 1. The van der Waals surface area contributed by atoms with Gasteiger partial charge < -0.3 is 9.47 Å². The van der Waals surface area contributed by atoms with Crippen molar-refractivity contribution in [3.05, 3.63) is 102 Å². The van der Waals surface area contributed by atoms with Gasteiger partial charge >= 0.3 is 5.97 Å². The summed E-state index contributed by atoms with van der Waals surface area (Å²) in [4.78, 5) is 15.2. The van der Waals surface area contributed by atoms with Crippen LogP contribution in [0.5, 0.6) is 11.5 Å². The maximum atomic E-state index is 12.9. The van der Waals surface area contributed by atoms with Crippen LogP contribution in [0.1, 0.15) is 22.8 Å². The largest absolute Gasteiger partial charge is 0.490 e. The summed E-state index contributed by atoms with van der Waals surface area (Å²) < 4.78 is 35.9. The molecule has 0 aliphatic heterocycles. The fourth-order valence-corrected chi connectivity index (χ4v) is 4.15.